The summed E-state index contributed by atoms with van der Waals surface area (Å²) in [5, 5.41) is 2.73. The van der Waals surface area contributed by atoms with Gasteiger partial charge in [0.05, 0.1) is 12.8 Å². The van der Waals surface area contributed by atoms with Gasteiger partial charge < -0.3 is 9.64 Å². The molecule has 1 saturated heterocycles. The fourth-order valence-electron chi connectivity index (χ4n) is 5.10. The zero-order valence-electron chi connectivity index (χ0n) is 20.6. The number of benzene rings is 2. The second-order valence-corrected chi connectivity index (χ2v) is 10.1. The lowest BCUT2D eigenvalue weighted by atomic mass is 9.79. The van der Waals surface area contributed by atoms with E-state index in [-0.39, 0.29) is 17.0 Å². The molecular weight excluding hydrogens is 466 g/mol. The predicted octanol–water partition coefficient (Wildman–Crippen LogP) is 5.52. The van der Waals surface area contributed by atoms with Crippen LogP contribution < -0.4 is 19.9 Å². The lowest BCUT2D eigenvalue weighted by Crippen LogP contribution is -2.54. The van der Waals surface area contributed by atoms with Gasteiger partial charge in [0.2, 0.25) is 0 Å². The highest BCUT2D eigenvalue weighted by atomic mass is 35.5. The van der Waals surface area contributed by atoms with E-state index < -0.39 is 17.8 Å². The van der Waals surface area contributed by atoms with Crippen LogP contribution in [-0.2, 0) is 9.59 Å². The molecule has 8 heteroatoms. The maximum Gasteiger partial charge on any atom is 0.335 e. The van der Waals surface area contributed by atoms with Crippen LogP contribution in [-0.4, -0.2) is 37.0 Å². The Balaban J connectivity index is 1.80. The first-order chi connectivity index (χ1) is 16.6. The third-order valence-corrected chi connectivity index (χ3v) is 6.92. The lowest BCUT2D eigenvalue weighted by Gasteiger charge is -2.48. The summed E-state index contributed by atoms with van der Waals surface area (Å²) in [6.07, 6.45) is 3.48. The number of urea groups is 1. The monoisotopic (exact) mass is 495 g/mol. The molecule has 7 nitrogen and oxygen atoms in total. The molecule has 2 heterocycles. The molecule has 0 aliphatic carbocycles. The number of methoxy groups -OCH3 is 1. The Kier molecular flexibility index (Phi) is 6.64. The second-order valence-electron chi connectivity index (χ2n) is 9.66. The molecule has 1 fully saturated rings. The maximum absolute atomic E-state index is 13.3. The van der Waals surface area contributed by atoms with Crippen molar-refractivity contribution in [3.63, 3.8) is 0 Å². The number of carbonyl (C=O) groups excluding carboxylic acids is 3. The van der Waals surface area contributed by atoms with Crippen molar-refractivity contribution >= 4 is 46.9 Å². The minimum absolute atomic E-state index is 0.00785. The minimum Gasteiger partial charge on any atom is -0.496 e. The quantitative estimate of drug-likeness (QED) is 0.436. The minimum atomic E-state index is -0.803. The summed E-state index contributed by atoms with van der Waals surface area (Å²) < 4.78 is 5.69. The SMILES string of the molecule is CCCN1c2cc(OC)c(/C=C3/C(=O)NC(=O)N(c4ccc(Cl)cc4)C3=O)cc2C(C)CC1(C)C. The van der Waals surface area contributed by atoms with Crippen LogP contribution in [0.2, 0.25) is 5.02 Å². The molecular formula is C27H30ClN3O4. The average molecular weight is 496 g/mol. The summed E-state index contributed by atoms with van der Waals surface area (Å²) in [7, 11) is 1.57. The summed E-state index contributed by atoms with van der Waals surface area (Å²) in [4.78, 5) is 41.8. The van der Waals surface area contributed by atoms with Crippen molar-refractivity contribution in [1.29, 1.82) is 0 Å². The average Bonchev–Trinajstić information content (AvgIpc) is 2.80. The van der Waals surface area contributed by atoms with Crippen LogP contribution in [0.25, 0.3) is 6.08 Å². The van der Waals surface area contributed by atoms with Crippen LogP contribution in [0.5, 0.6) is 5.75 Å². The van der Waals surface area contributed by atoms with Crippen LogP contribution in [0.3, 0.4) is 0 Å². The molecule has 2 aromatic rings. The van der Waals surface area contributed by atoms with Crippen LogP contribution in [0.1, 0.15) is 57.6 Å². The molecule has 2 aromatic carbocycles. The van der Waals surface area contributed by atoms with E-state index in [2.05, 4.69) is 37.9 Å². The fourth-order valence-corrected chi connectivity index (χ4v) is 5.23. The summed E-state index contributed by atoms with van der Waals surface area (Å²) in [6.45, 7) is 9.75. The van der Waals surface area contributed by atoms with Crippen molar-refractivity contribution in [2.24, 2.45) is 0 Å². The molecule has 0 spiro atoms. The normalized spacial score (nSPS) is 20.7. The van der Waals surface area contributed by atoms with Gasteiger partial charge in [-0.2, -0.15) is 0 Å². The van der Waals surface area contributed by atoms with Gasteiger partial charge in [-0.15, -0.1) is 0 Å². The molecule has 1 atom stereocenters. The highest BCUT2D eigenvalue weighted by molar-refractivity contribution is 6.39. The van der Waals surface area contributed by atoms with E-state index in [1.54, 1.807) is 31.4 Å². The number of ether oxygens (including phenoxy) is 1. The van der Waals surface area contributed by atoms with Gasteiger partial charge in [0, 0.05) is 34.4 Å². The number of fused-ring (bicyclic) bond motifs is 1. The van der Waals surface area contributed by atoms with E-state index in [1.165, 1.54) is 6.08 Å². The number of rotatable bonds is 5. The van der Waals surface area contributed by atoms with Gasteiger partial charge in [0.15, 0.2) is 0 Å². The molecule has 184 valence electrons. The highest BCUT2D eigenvalue weighted by Crippen LogP contribution is 2.46. The van der Waals surface area contributed by atoms with E-state index in [1.807, 2.05) is 12.1 Å². The van der Waals surface area contributed by atoms with Crippen molar-refractivity contribution in [3.05, 3.63) is 58.1 Å². The van der Waals surface area contributed by atoms with Gasteiger partial charge in [0.25, 0.3) is 11.8 Å². The first kappa shape index (κ1) is 24.8. The zero-order valence-corrected chi connectivity index (χ0v) is 21.4. The lowest BCUT2D eigenvalue weighted by molar-refractivity contribution is -0.122. The molecule has 4 amide bonds. The Morgan fingerprint density at radius 1 is 1.17 bits per heavy atom. The van der Waals surface area contributed by atoms with E-state index in [4.69, 9.17) is 16.3 Å². The Morgan fingerprint density at radius 2 is 1.86 bits per heavy atom. The molecule has 4 rings (SSSR count). The molecule has 0 aromatic heterocycles. The van der Waals surface area contributed by atoms with Crippen LogP contribution in [0, 0.1) is 0 Å². The topological polar surface area (TPSA) is 79.0 Å². The number of carbonyl (C=O) groups is 3. The Hall–Kier alpha value is -3.32. The van der Waals surface area contributed by atoms with Crippen LogP contribution >= 0.6 is 11.6 Å². The van der Waals surface area contributed by atoms with E-state index >= 15 is 0 Å². The number of hydrogen-bond acceptors (Lipinski definition) is 5. The number of nitrogens with one attached hydrogen (secondary N) is 1. The highest BCUT2D eigenvalue weighted by Gasteiger charge is 2.39. The first-order valence-electron chi connectivity index (χ1n) is 11.7. The third kappa shape index (κ3) is 4.52. The summed E-state index contributed by atoms with van der Waals surface area (Å²) in [5.41, 5.74) is 3.02. The molecule has 0 bridgehead atoms. The fraction of sp³-hybridized carbons (Fsp3) is 0.370. The number of nitrogens with zero attached hydrogens (tertiary/aromatic N) is 2. The number of anilines is 2. The van der Waals surface area contributed by atoms with Crippen molar-refractivity contribution in [2.45, 2.75) is 52.0 Å². The van der Waals surface area contributed by atoms with Crippen molar-refractivity contribution in [2.75, 3.05) is 23.5 Å². The molecule has 0 radical (unpaired) electrons. The summed E-state index contributed by atoms with van der Waals surface area (Å²) >= 11 is 5.95. The van der Waals surface area contributed by atoms with Crippen molar-refractivity contribution < 1.29 is 19.1 Å². The molecule has 1 N–H and O–H groups in total. The largest absolute Gasteiger partial charge is 0.496 e. The molecule has 2 aliphatic rings. The predicted molar refractivity (Wildman–Crippen MR) is 138 cm³/mol. The zero-order chi connectivity index (χ0) is 25.5. The van der Waals surface area contributed by atoms with Crippen molar-refractivity contribution in [1.82, 2.24) is 5.32 Å². The number of imide groups is 2. The van der Waals surface area contributed by atoms with Crippen LogP contribution in [0.15, 0.2) is 42.0 Å². The second kappa shape index (κ2) is 9.38. The molecule has 2 aliphatic heterocycles. The third-order valence-electron chi connectivity index (χ3n) is 6.67. The number of hydrogen-bond donors (Lipinski definition) is 1. The van der Waals surface area contributed by atoms with Crippen LogP contribution in [0.4, 0.5) is 16.2 Å². The smallest absolute Gasteiger partial charge is 0.335 e. The van der Waals surface area contributed by atoms with Crippen molar-refractivity contribution in [3.8, 4) is 5.75 Å². The van der Waals surface area contributed by atoms with Gasteiger partial charge in [-0.05, 0) is 74.6 Å². The van der Waals surface area contributed by atoms with E-state index in [0.29, 0.717) is 22.0 Å². The van der Waals surface area contributed by atoms with Gasteiger partial charge >= 0.3 is 6.03 Å². The number of halogens is 1. The van der Waals surface area contributed by atoms with Gasteiger partial charge in [-0.1, -0.05) is 25.4 Å². The Bertz CT molecular complexity index is 1220. The Morgan fingerprint density at radius 3 is 2.49 bits per heavy atom. The summed E-state index contributed by atoms with van der Waals surface area (Å²) in [6, 6.07) is 9.44. The first-order valence-corrected chi connectivity index (χ1v) is 12.1. The van der Waals surface area contributed by atoms with E-state index in [0.717, 1.165) is 35.5 Å². The van der Waals surface area contributed by atoms with Gasteiger partial charge in [0.1, 0.15) is 11.3 Å². The maximum atomic E-state index is 13.3. The van der Waals surface area contributed by atoms with Gasteiger partial charge in [-0.3, -0.25) is 14.9 Å². The molecule has 1 unspecified atom stereocenters. The Labute approximate surface area is 210 Å². The van der Waals surface area contributed by atoms with E-state index in [9.17, 15) is 14.4 Å². The number of barbiturate groups is 1. The summed E-state index contributed by atoms with van der Waals surface area (Å²) in [5.74, 6) is -0.619. The molecule has 35 heavy (non-hydrogen) atoms. The standard InChI is InChI=1S/C27H30ClN3O4/c1-6-11-30-22-14-23(35-5)17(12-20(22)16(2)15-27(30,3)4)13-21-24(32)29-26(34)31(25(21)33)19-9-7-18(28)8-10-19/h7-10,12-14,16H,6,11,15H2,1-5H3,(H,29,32,34)/b21-13-. The van der Waals surface area contributed by atoms with Gasteiger partial charge in [-0.25, -0.2) is 9.69 Å². The molecule has 0 saturated carbocycles. The number of amides is 4.